The number of alkyl carbamates (subject to hydrolysis) is 1. The first-order valence-electron chi connectivity index (χ1n) is 4.22. The Bertz CT molecular complexity index is 214. The van der Waals surface area contributed by atoms with E-state index in [0.717, 1.165) is 0 Å². The Morgan fingerprint density at radius 1 is 1.50 bits per heavy atom. The largest absolute Gasteiger partial charge is 0.481 e. The third-order valence-corrected chi connectivity index (χ3v) is 1.42. The minimum Gasteiger partial charge on any atom is -0.481 e. The van der Waals surface area contributed by atoms with Crippen molar-refractivity contribution in [2.45, 2.75) is 25.9 Å². The number of aliphatic carboxylic acids is 1. The number of ether oxygens (including phenoxy) is 1. The minimum absolute atomic E-state index is 0.155. The standard InChI is InChI=1S/C8H15NO5/c1-3-14-7(12)9-5-8(2,13)4-6(10)11/h13H,3-5H2,1-2H3,(H,9,12)(H,10,11). The van der Waals surface area contributed by atoms with Crippen molar-refractivity contribution in [1.29, 1.82) is 0 Å². The maximum absolute atomic E-state index is 10.8. The van der Waals surface area contributed by atoms with E-state index in [4.69, 9.17) is 5.11 Å². The Hall–Kier alpha value is -1.30. The lowest BCUT2D eigenvalue weighted by Gasteiger charge is -2.20. The van der Waals surface area contributed by atoms with Gasteiger partial charge in [-0.25, -0.2) is 4.79 Å². The van der Waals surface area contributed by atoms with Gasteiger partial charge in [-0.15, -0.1) is 0 Å². The second-order valence-corrected chi connectivity index (χ2v) is 3.14. The number of carbonyl (C=O) groups excluding carboxylic acids is 1. The maximum Gasteiger partial charge on any atom is 0.407 e. The van der Waals surface area contributed by atoms with Crippen molar-refractivity contribution >= 4 is 12.1 Å². The number of carbonyl (C=O) groups is 2. The van der Waals surface area contributed by atoms with Crippen LogP contribution in [-0.2, 0) is 9.53 Å². The first-order valence-corrected chi connectivity index (χ1v) is 4.22. The van der Waals surface area contributed by atoms with E-state index in [1.807, 2.05) is 0 Å². The highest BCUT2D eigenvalue weighted by Crippen LogP contribution is 2.07. The monoisotopic (exact) mass is 205 g/mol. The number of carboxylic acid groups (broad SMARTS) is 1. The molecule has 0 aromatic rings. The fraction of sp³-hybridized carbons (Fsp3) is 0.750. The fourth-order valence-electron chi connectivity index (χ4n) is 0.833. The molecular formula is C8H15NO5. The van der Waals surface area contributed by atoms with Crippen LogP contribution in [0.4, 0.5) is 4.79 Å². The molecule has 0 aliphatic rings. The quantitative estimate of drug-likeness (QED) is 0.585. The number of carboxylic acids is 1. The normalized spacial score (nSPS) is 14.2. The van der Waals surface area contributed by atoms with Crippen LogP contribution in [0.1, 0.15) is 20.3 Å². The zero-order valence-electron chi connectivity index (χ0n) is 8.24. The van der Waals surface area contributed by atoms with Crippen LogP contribution in [-0.4, -0.2) is 41.0 Å². The molecule has 3 N–H and O–H groups in total. The molecule has 82 valence electrons. The average Bonchev–Trinajstić information content (AvgIpc) is 1.99. The number of aliphatic hydroxyl groups is 1. The first kappa shape index (κ1) is 12.7. The second kappa shape index (κ2) is 5.43. The van der Waals surface area contributed by atoms with Gasteiger partial charge in [-0.2, -0.15) is 0 Å². The highest BCUT2D eigenvalue weighted by molar-refractivity contribution is 5.69. The molecule has 0 aromatic carbocycles. The maximum atomic E-state index is 10.8. The summed E-state index contributed by atoms with van der Waals surface area (Å²) in [4.78, 5) is 21.1. The van der Waals surface area contributed by atoms with Gasteiger partial charge in [0.1, 0.15) is 0 Å². The van der Waals surface area contributed by atoms with Gasteiger partial charge in [-0.05, 0) is 13.8 Å². The number of nitrogens with one attached hydrogen (secondary N) is 1. The number of rotatable bonds is 5. The van der Waals surface area contributed by atoms with Crippen molar-refractivity contribution in [3.8, 4) is 0 Å². The molecule has 0 fully saturated rings. The van der Waals surface area contributed by atoms with E-state index >= 15 is 0 Å². The minimum atomic E-state index is -1.46. The van der Waals surface area contributed by atoms with Gasteiger partial charge in [-0.3, -0.25) is 4.79 Å². The molecule has 0 aliphatic carbocycles. The van der Waals surface area contributed by atoms with Gasteiger partial charge in [0.05, 0.1) is 18.6 Å². The highest BCUT2D eigenvalue weighted by Gasteiger charge is 2.24. The van der Waals surface area contributed by atoms with Gasteiger partial charge < -0.3 is 20.3 Å². The van der Waals surface area contributed by atoms with Crippen LogP contribution in [0.3, 0.4) is 0 Å². The highest BCUT2D eigenvalue weighted by atomic mass is 16.5. The van der Waals surface area contributed by atoms with Gasteiger partial charge >= 0.3 is 12.1 Å². The lowest BCUT2D eigenvalue weighted by Crippen LogP contribution is -2.42. The van der Waals surface area contributed by atoms with Gasteiger partial charge in [0.25, 0.3) is 0 Å². The van der Waals surface area contributed by atoms with E-state index in [1.54, 1.807) is 6.92 Å². The van der Waals surface area contributed by atoms with E-state index in [1.165, 1.54) is 6.92 Å². The smallest absolute Gasteiger partial charge is 0.407 e. The van der Waals surface area contributed by atoms with Crippen LogP contribution in [0.25, 0.3) is 0 Å². The SMILES string of the molecule is CCOC(=O)NCC(C)(O)CC(=O)O. The Balaban J connectivity index is 3.86. The molecule has 6 heteroatoms. The Morgan fingerprint density at radius 2 is 2.07 bits per heavy atom. The van der Waals surface area contributed by atoms with Crippen LogP contribution in [0.15, 0.2) is 0 Å². The molecule has 0 radical (unpaired) electrons. The fourth-order valence-corrected chi connectivity index (χ4v) is 0.833. The number of hydrogen-bond acceptors (Lipinski definition) is 4. The molecule has 14 heavy (non-hydrogen) atoms. The van der Waals surface area contributed by atoms with Gasteiger partial charge in [-0.1, -0.05) is 0 Å². The van der Waals surface area contributed by atoms with Crippen LogP contribution < -0.4 is 5.32 Å². The third kappa shape index (κ3) is 6.24. The van der Waals surface area contributed by atoms with Crippen molar-refractivity contribution in [3.05, 3.63) is 0 Å². The molecular weight excluding hydrogens is 190 g/mol. The van der Waals surface area contributed by atoms with Crippen molar-refractivity contribution in [2.24, 2.45) is 0 Å². The summed E-state index contributed by atoms with van der Waals surface area (Å²) in [5, 5.41) is 20.1. The van der Waals surface area contributed by atoms with Crippen molar-refractivity contribution in [1.82, 2.24) is 5.32 Å². The van der Waals surface area contributed by atoms with Crippen molar-refractivity contribution in [2.75, 3.05) is 13.2 Å². The van der Waals surface area contributed by atoms with E-state index < -0.39 is 24.1 Å². The van der Waals surface area contributed by atoms with Crippen molar-refractivity contribution < 1.29 is 24.5 Å². The van der Waals surface area contributed by atoms with Crippen LogP contribution >= 0.6 is 0 Å². The molecule has 0 rings (SSSR count). The molecule has 0 heterocycles. The lowest BCUT2D eigenvalue weighted by atomic mass is 10.0. The molecule has 0 saturated heterocycles. The summed E-state index contributed by atoms with van der Waals surface area (Å²) in [7, 11) is 0. The third-order valence-electron chi connectivity index (χ3n) is 1.42. The van der Waals surface area contributed by atoms with Gasteiger partial charge in [0.15, 0.2) is 0 Å². The molecule has 0 aliphatic heterocycles. The molecule has 1 unspecified atom stereocenters. The zero-order valence-corrected chi connectivity index (χ0v) is 8.24. The second-order valence-electron chi connectivity index (χ2n) is 3.14. The molecule has 6 nitrogen and oxygen atoms in total. The molecule has 0 aromatic heterocycles. The molecule has 0 saturated carbocycles. The average molecular weight is 205 g/mol. The first-order chi connectivity index (χ1) is 6.37. The van der Waals surface area contributed by atoms with Crippen LogP contribution in [0, 0.1) is 0 Å². The number of amides is 1. The van der Waals surface area contributed by atoms with E-state index in [0.29, 0.717) is 0 Å². The summed E-state index contributed by atoms with van der Waals surface area (Å²) in [5.74, 6) is -1.12. The number of hydrogen-bond donors (Lipinski definition) is 3. The van der Waals surface area contributed by atoms with Gasteiger partial charge in [0.2, 0.25) is 0 Å². The Labute approximate surface area is 81.9 Å². The van der Waals surface area contributed by atoms with E-state index in [2.05, 4.69) is 10.1 Å². The predicted molar refractivity (Wildman–Crippen MR) is 47.9 cm³/mol. The molecule has 1 amide bonds. The zero-order chi connectivity index (χ0) is 11.2. The van der Waals surface area contributed by atoms with E-state index in [-0.39, 0.29) is 13.2 Å². The molecule has 1 atom stereocenters. The molecule has 0 bridgehead atoms. The predicted octanol–water partition coefficient (Wildman–Crippen LogP) is -0.0418. The summed E-state index contributed by atoms with van der Waals surface area (Å²) in [5.41, 5.74) is -1.46. The van der Waals surface area contributed by atoms with Crippen molar-refractivity contribution in [3.63, 3.8) is 0 Å². The summed E-state index contributed by atoms with van der Waals surface area (Å²) in [6.45, 7) is 3.05. The summed E-state index contributed by atoms with van der Waals surface area (Å²) in [6.07, 6.45) is -1.10. The summed E-state index contributed by atoms with van der Waals surface area (Å²) in [6, 6.07) is 0. The Kier molecular flexibility index (Phi) is 4.93. The molecule has 0 spiro atoms. The van der Waals surface area contributed by atoms with E-state index in [9.17, 15) is 14.7 Å². The van der Waals surface area contributed by atoms with Crippen LogP contribution in [0.5, 0.6) is 0 Å². The summed E-state index contributed by atoms with van der Waals surface area (Å²) < 4.78 is 4.53. The summed E-state index contributed by atoms with van der Waals surface area (Å²) >= 11 is 0. The topological polar surface area (TPSA) is 95.9 Å². The lowest BCUT2D eigenvalue weighted by molar-refractivity contribution is -0.141. The Morgan fingerprint density at radius 3 is 2.50 bits per heavy atom. The van der Waals surface area contributed by atoms with Crippen LogP contribution in [0.2, 0.25) is 0 Å². The van der Waals surface area contributed by atoms with Gasteiger partial charge in [0, 0.05) is 6.54 Å².